The minimum Gasteiger partial charge on any atom is -0.445 e. The van der Waals surface area contributed by atoms with Crippen LogP contribution in [0.3, 0.4) is 0 Å². The number of nitrogens with two attached hydrogens (primary N) is 1. The fourth-order valence-corrected chi connectivity index (χ4v) is 3.89. The first kappa shape index (κ1) is 23.6. The molecular weight excluding hydrogens is 412 g/mol. The van der Waals surface area contributed by atoms with Crippen molar-refractivity contribution < 1.29 is 23.9 Å². The zero-order valence-corrected chi connectivity index (χ0v) is 18.4. The summed E-state index contributed by atoms with van der Waals surface area (Å²) < 4.78 is 5.26. The van der Waals surface area contributed by atoms with Gasteiger partial charge in [0.15, 0.2) is 0 Å². The molecule has 3 atom stereocenters. The second-order valence-corrected chi connectivity index (χ2v) is 9.10. The maximum absolute atomic E-state index is 13.0. The van der Waals surface area contributed by atoms with E-state index in [1.165, 1.54) is 0 Å². The highest BCUT2D eigenvalue weighted by atomic mass is 16.5. The molecule has 174 valence electrons. The summed E-state index contributed by atoms with van der Waals surface area (Å²) >= 11 is 0. The van der Waals surface area contributed by atoms with Crippen molar-refractivity contribution in [2.45, 2.75) is 64.1 Å². The number of amides is 4. The molecule has 2 aliphatic rings. The van der Waals surface area contributed by atoms with Crippen molar-refractivity contribution in [3.63, 3.8) is 0 Å². The van der Waals surface area contributed by atoms with Crippen molar-refractivity contribution in [1.29, 1.82) is 0 Å². The summed E-state index contributed by atoms with van der Waals surface area (Å²) in [7, 11) is 0. The highest BCUT2D eigenvalue weighted by molar-refractivity contribution is 5.91. The van der Waals surface area contributed by atoms with Gasteiger partial charge in [0.2, 0.25) is 17.7 Å². The van der Waals surface area contributed by atoms with Crippen LogP contribution in [0.2, 0.25) is 0 Å². The Balaban J connectivity index is 1.60. The molecule has 1 aromatic carbocycles. The first-order chi connectivity index (χ1) is 15.3. The molecule has 1 saturated carbocycles. The number of benzene rings is 1. The van der Waals surface area contributed by atoms with Gasteiger partial charge in [-0.3, -0.25) is 14.4 Å². The van der Waals surface area contributed by atoms with Crippen LogP contribution >= 0.6 is 0 Å². The van der Waals surface area contributed by atoms with Crippen LogP contribution < -0.4 is 21.7 Å². The summed E-state index contributed by atoms with van der Waals surface area (Å²) in [6, 6.07) is 7.37. The maximum atomic E-state index is 13.0. The Morgan fingerprint density at radius 2 is 1.91 bits per heavy atom. The van der Waals surface area contributed by atoms with Gasteiger partial charge in [-0.1, -0.05) is 37.3 Å². The third-order valence-corrected chi connectivity index (χ3v) is 6.20. The van der Waals surface area contributed by atoms with Crippen LogP contribution in [0.1, 0.15) is 51.0 Å². The molecule has 3 unspecified atom stereocenters. The third-order valence-electron chi connectivity index (χ3n) is 6.20. The largest absolute Gasteiger partial charge is 0.445 e. The Hall–Kier alpha value is -3.10. The van der Waals surface area contributed by atoms with Crippen molar-refractivity contribution >= 4 is 23.8 Å². The molecule has 1 saturated heterocycles. The number of rotatable bonds is 10. The molecule has 1 heterocycles. The number of carbonyl (C=O) groups is 4. The predicted molar refractivity (Wildman–Crippen MR) is 117 cm³/mol. The lowest BCUT2D eigenvalue weighted by Gasteiger charge is -2.27. The van der Waals surface area contributed by atoms with Crippen molar-refractivity contribution in [3.8, 4) is 0 Å². The van der Waals surface area contributed by atoms with Crippen molar-refractivity contribution in [2.24, 2.45) is 17.1 Å². The summed E-state index contributed by atoms with van der Waals surface area (Å²) in [5.41, 5.74) is 6.29. The predicted octanol–water partition coefficient (Wildman–Crippen LogP) is 1.36. The molecule has 0 spiro atoms. The van der Waals surface area contributed by atoms with E-state index in [4.69, 9.17) is 10.5 Å². The second-order valence-electron chi connectivity index (χ2n) is 9.10. The van der Waals surface area contributed by atoms with Crippen molar-refractivity contribution in [1.82, 2.24) is 16.0 Å². The Morgan fingerprint density at radius 3 is 2.53 bits per heavy atom. The number of alkyl carbamates (subject to hydrolysis) is 1. The van der Waals surface area contributed by atoms with Gasteiger partial charge in [-0.15, -0.1) is 0 Å². The van der Waals surface area contributed by atoms with E-state index < -0.39 is 30.0 Å². The number of hydrogen-bond donors (Lipinski definition) is 4. The van der Waals surface area contributed by atoms with Crippen LogP contribution in [0.25, 0.3) is 0 Å². The van der Waals surface area contributed by atoms with E-state index in [0.29, 0.717) is 19.4 Å². The number of piperidine rings is 1. The van der Waals surface area contributed by atoms with Crippen LogP contribution in [-0.2, 0) is 25.7 Å². The minimum absolute atomic E-state index is 0.0415. The van der Waals surface area contributed by atoms with Crippen LogP contribution in [0.15, 0.2) is 30.3 Å². The zero-order chi connectivity index (χ0) is 23.1. The van der Waals surface area contributed by atoms with E-state index in [1.54, 1.807) is 0 Å². The number of nitrogens with one attached hydrogen (secondary N) is 3. The normalized spacial score (nSPS) is 20.9. The topological polar surface area (TPSA) is 140 Å². The molecule has 32 heavy (non-hydrogen) atoms. The van der Waals surface area contributed by atoms with Gasteiger partial charge in [0, 0.05) is 12.5 Å². The van der Waals surface area contributed by atoms with E-state index in [9.17, 15) is 19.2 Å². The average molecular weight is 445 g/mol. The highest BCUT2D eigenvalue weighted by Crippen LogP contribution is 2.48. The molecule has 5 N–H and O–H groups in total. The SMILES string of the molecule is CC1(CC(NC(=O)OCc2ccccc2)C(=O)NC(CC2CCCNC2=O)C(N)=O)CC1. The maximum Gasteiger partial charge on any atom is 0.408 e. The van der Waals surface area contributed by atoms with Crippen LogP contribution in [-0.4, -0.2) is 42.4 Å². The van der Waals surface area contributed by atoms with E-state index in [0.717, 1.165) is 24.8 Å². The summed E-state index contributed by atoms with van der Waals surface area (Å²) in [5.74, 6) is -1.74. The molecule has 0 bridgehead atoms. The number of ether oxygens (including phenoxy) is 1. The Morgan fingerprint density at radius 1 is 1.19 bits per heavy atom. The molecule has 1 aromatic rings. The summed E-state index contributed by atoms with van der Waals surface area (Å²) in [6.07, 6.45) is 3.21. The Labute approximate surface area is 187 Å². The second kappa shape index (κ2) is 10.5. The van der Waals surface area contributed by atoms with Crippen molar-refractivity contribution in [3.05, 3.63) is 35.9 Å². The number of hydrogen-bond acceptors (Lipinski definition) is 5. The quantitative estimate of drug-likeness (QED) is 0.431. The fraction of sp³-hybridized carbons (Fsp3) is 0.565. The highest BCUT2D eigenvalue weighted by Gasteiger charge is 2.42. The lowest BCUT2D eigenvalue weighted by Crippen LogP contribution is -2.54. The Bertz CT molecular complexity index is 840. The van der Waals surface area contributed by atoms with Gasteiger partial charge in [0.1, 0.15) is 18.7 Å². The molecule has 0 radical (unpaired) electrons. The molecule has 9 nitrogen and oxygen atoms in total. The summed E-state index contributed by atoms with van der Waals surface area (Å²) in [6.45, 7) is 2.74. The monoisotopic (exact) mass is 444 g/mol. The zero-order valence-electron chi connectivity index (χ0n) is 18.4. The molecule has 4 amide bonds. The average Bonchev–Trinajstić information content (AvgIpc) is 3.50. The van der Waals surface area contributed by atoms with E-state index in [1.807, 2.05) is 37.3 Å². The molecular formula is C23H32N4O5. The smallest absolute Gasteiger partial charge is 0.408 e. The third kappa shape index (κ3) is 6.96. The Kier molecular flexibility index (Phi) is 7.71. The lowest BCUT2D eigenvalue weighted by atomic mass is 9.91. The van der Waals surface area contributed by atoms with Gasteiger partial charge in [-0.05, 0) is 49.5 Å². The van der Waals surface area contributed by atoms with Crippen molar-refractivity contribution in [2.75, 3.05) is 6.54 Å². The van der Waals surface area contributed by atoms with E-state index >= 15 is 0 Å². The number of carbonyl (C=O) groups excluding carboxylic acids is 4. The van der Waals surface area contributed by atoms with E-state index in [-0.39, 0.29) is 30.3 Å². The van der Waals surface area contributed by atoms with Gasteiger partial charge >= 0.3 is 6.09 Å². The van der Waals surface area contributed by atoms with Gasteiger partial charge in [-0.2, -0.15) is 0 Å². The molecule has 2 fully saturated rings. The van der Waals surface area contributed by atoms with Gasteiger partial charge in [-0.25, -0.2) is 4.79 Å². The van der Waals surface area contributed by atoms with Gasteiger partial charge in [0.05, 0.1) is 0 Å². The van der Waals surface area contributed by atoms with Gasteiger partial charge in [0.25, 0.3) is 0 Å². The molecule has 0 aromatic heterocycles. The fourth-order valence-electron chi connectivity index (χ4n) is 3.89. The standard InChI is InChI=1S/C23H32N4O5/c1-23(9-10-23)13-18(27-22(31)32-14-15-6-3-2-4-7-15)21(30)26-17(19(24)28)12-16-8-5-11-25-20(16)29/h2-4,6-7,16-18H,5,8-14H2,1H3,(H2,24,28)(H,25,29)(H,26,30)(H,27,31). The lowest BCUT2D eigenvalue weighted by molar-refractivity contribution is -0.131. The summed E-state index contributed by atoms with van der Waals surface area (Å²) in [5, 5.41) is 8.05. The molecule has 1 aliphatic heterocycles. The van der Waals surface area contributed by atoms with E-state index in [2.05, 4.69) is 16.0 Å². The first-order valence-corrected chi connectivity index (χ1v) is 11.1. The van der Waals surface area contributed by atoms with Crippen LogP contribution in [0, 0.1) is 11.3 Å². The molecule has 3 rings (SSSR count). The number of primary amides is 1. The summed E-state index contributed by atoms with van der Waals surface area (Å²) in [4.78, 5) is 49.4. The first-order valence-electron chi connectivity index (χ1n) is 11.1. The molecule has 9 heteroatoms. The van der Waals surface area contributed by atoms with Gasteiger partial charge < -0.3 is 26.4 Å². The van der Waals surface area contributed by atoms with Crippen LogP contribution in [0.5, 0.6) is 0 Å². The van der Waals surface area contributed by atoms with Crippen LogP contribution in [0.4, 0.5) is 4.79 Å². The molecule has 1 aliphatic carbocycles. The minimum atomic E-state index is -0.993.